The second-order valence-electron chi connectivity index (χ2n) is 23.7. The summed E-state index contributed by atoms with van der Waals surface area (Å²) < 4.78 is 38.9. The number of nitrogens with one attached hydrogen (secondary N) is 1. The number of rotatable bonds is 58. The van der Waals surface area contributed by atoms with E-state index >= 15 is 0 Å². The molecule has 11 nitrogen and oxygen atoms in total. The number of benzene rings is 2. The summed E-state index contributed by atoms with van der Waals surface area (Å²) in [6, 6.07) is 16.7. The molecule has 0 saturated carbocycles. The Balaban J connectivity index is 1.58. The van der Waals surface area contributed by atoms with Gasteiger partial charge in [-0.15, -0.1) is 0 Å². The van der Waals surface area contributed by atoms with Gasteiger partial charge < -0.3 is 33.7 Å². The van der Waals surface area contributed by atoms with Gasteiger partial charge in [0.1, 0.15) is 6.04 Å². The third-order valence-corrected chi connectivity index (χ3v) is 16.0. The van der Waals surface area contributed by atoms with E-state index < -0.39 is 18.0 Å². The molecule has 1 atom stereocenters. The minimum atomic E-state index is -1.02. The van der Waals surface area contributed by atoms with Crippen LogP contribution in [0.5, 0.6) is 23.0 Å². The van der Waals surface area contributed by atoms with Crippen LogP contribution in [0.2, 0.25) is 0 Å². The van der Waals surface area contributed by atoms with E-state index in [0.29, 0.717) is 45.8 Å². The average Bonchev–Trinajstić information content (AvgIpc) is 3.56. The Bertz CT molecular complexity index is 2050. The van der Waals surface area contributed by atoms with Gasteiger partial charge in [-0.05, 0) is 67.5 Å². The summed E-state index contributed by atoms with van der Waals surface area (Å²) in [6.07, 6.45) is 49.9. The Morgan fingerprint density at radius 2 is 0.738 bits per heavy atom. The van der Waals surface area contributed by atoms with Gasteiger partial charge in [-0.2, -0.15) is 0 Å². The van der Waals surface area contributed by atoms with Crippen molar-refractivity contribution in [1.82, 2.24) is 5.32 Å². The molecule has 0 saturated heterocycles. The number of aromatic nitrogens is 1. The van der Waals surface area contributed by atoms with Crippen molar-refractivity contribution in [2.24, 2.45) is 0 Å². The number of unbranched alkanes of at least 4 members (excludes halogenated alkanes) is 32. The SMILES string of the molecule is CCCCCCCCCCCOc1ccc(CCOC(=O)CC[C@H](NC(=O)CC[n+]2ccccc2)C(=O)OCCc2ccc(OCCCCCCCCCCC)c(OCCCCCCCCCCC)c2)cc1OCCCCCCCCCCC. The largest absolute Gasteiger partial charge is 0.490 e. The van der Waals surface area contributed by atoms with E-state index in [4.69, 9.17) is 28.4 Å². The lowest BCUT2D eigenvalue weighted by Gasteiger charge is -2.18. The predicted octanol–water partition coefficient (Wildman–Crippen LogP) is 18.8. The van der Waals surface area contributed by atoms with Crippen molar-refractivity contribution in [2.45, 2.75) is 304 Å². The fourth-order valence-corrected chi connectivity index (χ4v) is 10.6. The number of ether oxygens (including phenoxy) is 6. The van der Waals surface area contributed by atoms with Crippen LogP contribution in [0.3, 0.4) is 0 Å². The second-order valence-corrected chi connectivity index (χ2v) is 23.7. The van der Waals surface area contributed by atoms with Crippen LogP contribution in [-0.4, -0.2) is 63.5 Å². The minimum absolute atomic E-state index is 0.0472. The molecule has 2 aromatic carbocycles. The van der Waals surface area contributed by atoms with E-state index in [0.717, 1.165) is 85.5 Å². The maximum atomic E-state index is 13.8. The molecule has 1 amide bonds. The average molecular weight is 1170 g/mol. The zero-order chi connectivity index (χ0) is 60.0. The van der Waals surface area contributed by atoms with Crippen LogP contribution in [0.1, 0.15) is 289 Å². The van der Waals surface area contributed by atoms with Crippen molar-refractivity contribution >= 4 is 17.8 Å². The quantitative estimate of drug-likeness (QED) is 0.0334. The predicted molar refractivity (Wildman–Crippen MR) is 346 cm³/mol. The molecule has 3 rings (SSSR count). The number of pyridine rings is 1. The van der Waals surface area contributed by atoms with Gasteiger partial charge in [-0.1, -0.05) is 251 Å². The molecular formula is C73H121N2O9+. The molecule has 0 aliphatic heterocycles. The number of nitrogens with zero attached hydrogens (tertiary/aromatic N) is 1. The van der Waals surface area contributed by atoms with Gasteiger partial charge in [0.15, 0.2) is 41.9 Å². The van der Waals surface area contributed by atoms with Gasteiger partial charge in [-0.3, -0.25) is 9.59 Å². The molecule has 1 heterocycles. The Labute approximate surface area is 512 Å². The molecule has 84 heavy (non-hydrogen) atoms. The Morgan fingerprint density at radius 1 is 0.393 bits per heavy atom. The van der Waals surface area contributed by atoms with Gasteiger partial charge in [0.05, 0.1) is 46.1 Å². The second kappa shape index (κ2) is 52.5. The van der Waals surface area contributed by atoms with Crippen molar-refractivity contribution in [1.29, 1.82) is 0 Å². The highest BCUT2D eigenvalue weighted by Gasteiger charge is 2.25. The summed E-state index contributed by atoms with van der Waals surface area (Å²) in [4.78, 5) is 40.5. The van der Waals surface area contributed by atoms with Gasteiger partial charge in [-0.25, -0.2) is 9.36 Å². The molecule has 0 spiro atoms. The number of hydrogen-bond donors (Lipinski definition) is 1. The van der Waals surface area contributed by atoms with E-state index in [1.165, 1.54) is 180 Å². The number of esters is 2. The molecule has 1 aromatic heterocycles. The third kappa shape index (κ3) is 39.0. The summed E-state index contributed by atoms with van der Waals surface area (Å²) in [5.41, 5.74) is 1.94. The van der Waals surface area contributed by atoms with E-state index in [2.05, 4.69) is 33.0 Å². The smallest absolute Gasteiger partial charge is 0.328 e. The lowest BCUT2D eigenvalue weighted by atomic mass is 10.1. The van der Waals surface area contributed by atoms with Gasteiger partial charge in [0, 0.05) is 31.4 Å². The summed E-state index contributed by atoms with van der Waals surface area (Å²) in [5, 5.41) is 2.88. The monoisotopic (exact) mass is 1170 g/mol. The van der Waals surface area contributed by atoms with Crippen molar-refractivity contribution in [3.05, 3.63) is 78.1 Å². The van der Waals surface area contributed by atoms with E-state index in [1.807, 2.05) is 71.6 Å². The highest BCUT2D eigenvalue weighted by atomic mass is 16.5. The van der Waals surface area contributed by atoms with Crippen LogP contribution in [0.15, 0.2) is 67.0 Å². The molecule has 0 aliphatic rings. The highest BCUT2D eigenvalue weighted by molar-refractivity contribution is 5.85. The number of aryl methyl sites for hydroxylation is 1. The van der Waals surface area contributed by atoms with Crippen molar-refractivity contribution in [3.63, 3.8) is 0 Å². The number of amides is 1. The molecule has 476 valence electrons. The van der Waals surface area contributed by atoms with Crippen LogP contribution in [0.4, 0.5) is 0 Å². The maximum absolute atomic E-state index is 13.8. The topological polar surface area (TPSA) is 122 Å². The zero-order valence-corrected chi connectivity index (χ0v) is 54.0. The molecular weight excluding hydrogens is 1050 g/mol. The van der Waals surface area contributed by atoms with Gasteiger partial charge >= 0.3 is 11.9 Å². The number of hydrogen-bond acceptors (Lipinski definition) is 9. The van der Waals surface area contributed by atoms with Crippen molar-refractivity contribution in [2.75, 3.05) is 39.6 Å². The van der Waals surface area contributed by atoms with Gasteiger partial charge in [0.25, 0.3) is 0 Å². The molecule has 0 fully saturated rings. The first-order chi connectivity index (χ1) is 41.4. The molecule has 0 aliphatic carbocycles. The fourth-order valence-electron chi connectivity index (χ4n) is 10.6. The summed E-state index contributed by atoms with van der Waals surface area (Å²) in [7, 11) is 0. The van der Waals surface area contributed by atoms with Crippen LogP contribution < -0.4 is 28.8 Å². The molecule has 0 unspecified atom stereocenters. The molecule has 1 N–H and O–H groups in total. The first kappa shape index (κ1) is 73.5. The van der Waals surface area contributed by atoms with Crippen LogP contribution >= 0.6 is 0 Å². The Hall–Kier alpha value is -4.80. The molecule has 11 heteroatoms. The zero-order valence-electron chi connectivity index (χ0n) is 54.0. The van der Waals surface area contributed by atoms with Crippen LogP contribution in [-0.2, 0) is 43.2 Å². The Kier molecular flexibility index (Phi) is 45.9. The standard InChI is InChI=1S/C73H120N2O9/c1-5-9-13-17-21-25-29-33-40-56-79-67-47-44-64(62-69(67)81-58-42-35-31-27-23-19-15-11-7-3)51-60-83-72(77)49-46-66(74-71(76)50-55-75-53-38-37-39-54-75)73(78)84-61-52-65-45-48-68(80-57-41-34-30-26-22-18-14-10-6-2)70(63-65)82-59-43-36-32-28-24-20-16-12-8-4/h37-39,44-45,47-48,53-54,62-63,66H,5-36,40-43,46,49-52,55-61H2,1-4H3/p+1/t66-/m0/s1. The maximum Gasteiger partial charge on any atom is 0.328 e. The van der Waals surface area contributed by atoms with E-state index in [9.17, 15) is 14.4 Å². The van der Waals surface area contributed by atoms with Crippen LogP contribution in [0.25, 0.3) is 0 Å². The Morgan fingerprint density at radius 3 is 1.12 bits per heavy atom. The molecule has 3 aromatic rings. The lowest BCUT2D eigenvalue weighted by molar-refractivity contribution is -0.695. The highest BCUT2D eigenvalue weighted by Crippen LogP contribution is 2.31. The summed E-state index contributed by atoms with van der Waals surface area (Å²) in [6.45, 7) is 12.3. The van der Waals surface area contributed by atoms with Crippen molar-refractivity contribution in [3.8, 4) is 23.0 Å². The first-order valence-electron chi connectivity index (χ1n) is 34.7. The summed E-state index contributed by atoms with van der Waals surface area (Å²) >= 11 is 0. The first-order valence-corrected chi connectivity index (χ1v) is 34.7. The van der Waals surface area contributed by atoms with E-state index in [1.54, 1.807) is 0 Å². The fraction of sp³-hybridized carbons (Fsp3) is 0.726. The van der Waals surface area contributed by atoms with Gasteiger partial charge in [0.2, 0.25) is 5.91 Å². The summed E-state index contributed by atoms with van der Waals surface area (Å²) in [5.74, 6) is 1.63. The normalized spacial score (nSPS) is 11.6. The minimum Gasteiger partial charge on any atom is -0.490 e. The van der Waals surface area contributed by atoms with E-state index in [-0.39, 0.29) is 38.4 Å². The number of carbonyl (C=O) groups is 3. The molecule has 0 bridgehead atoms. The number of carbonyl (C=O) groups excluding carboxylic acids is 3. The molecule has 0 radical (unpaired) electrons. The van der Waals surface area contributed by atoms with Crippen molar-refractivity contribution < 1.29 is 47.4 Å². The van der Waals surface area contributed by atoms with Crippen LogP contribution in [0, 0.1) is 0 Å². The third-order valence-electron chi connectivity index (χ3n) is 16.0. The lowest BCUT2D eigenvalue weighted by Crippen LogP contribution is -2.44.